The number of hydrogen-bond donors (Lipinski definition) is 3. The molecule has 2 fully saturated rings. The molecule has 2 rings (SSSR count). The number of nitrogens with one attached hydrogen (secondary N) is 3. The molecule has 1 aliphatic carbocycles. The summed E-state index contributed by atoms with van der Waals surface area (Å²) in [7, 11) is 0. The van der Waals surface area contributed by atoms with E-state index in [1.165, 1.54) is 0 Å². The van der Waals surface area contributed by atoms with Gasteiger partial charge in [0.25, 0.3) is 11.8 Å². The quantitative estimate of drug-likeness (QED) is 0.433. The van der Waals surface area contributed by atoms with E-state index in [2.05, 4.69) is 24.5 Å². The number of rotatable bonds is 6. The fourth-order valence-electron chi connectivity index (χ4n) is 4.47. The number of imide groups is 2. The van der Waals surface area contributed by atoms with E-state index in [9.17, 15) is 24.0 Å². The lowest BCUT2D eigenvalue weighted by molar-refractivity contribution is -0.151. The summed E-state index contributed by atoms with van der Waals surface area (Å²) in [5, 5.41) is 7.31. The van der Waals surface area contributed by atoms with Crippen molar-refractivity contribution in [1.29, 1.82) is 0 Å². The van der Waals surface area contributed by atoms with Crippen LogP contribution in [0.5, 0.6) is 0 Å². The Hall–Kier alpha value is -2.65. The van der Waals surface area contributed by atoms with Crippen LogP contribution in [0.4, 0.5) is 9.59 Å². The summed E-state index contributed by atoms with van der Waals surface area (Å²) in [5.41, 5.74) is -1.13. The Morgan fingerprint density at radius 2 is 1.90 bits per heavy atom. The summed E-state index contributed by atoms with van der Waals surface area (Å²) in [6.07, 6.45) is 1.95. The monoisotopic (exact) mass is 424 g/mol. The van der Waals surface area contributed by atoms with Crippen molar-refractivity contribution in [2.24, 2.45) is 17.3 Å². The van der Waals surface area contributed by atoms with Gasteiger partial charge in [0.1, 0.15) is 12.1 Å². The van der Waals surface area contributed by atoms with Crippen LogP contribution in [0.1, 0.15) is 53.9 Å². The minimum Gasteiger partial charge on any atom is -0.454 e. The van der Waals surface area contributed by atoms with Crippen LogP contribution in [0.2, 0.25) is 0 Å². The second-order valence-electron chi connectivity index (χ2n) is 9.57. The molecular weight excluding hydrogens is 392 g/mol. The predicted octanol–water partition coefficient (Wildman–Crippen LogP) is 1.15. The Morgan fingerprint density at radius 3 is 2.50 bits per heavy atom. The average Bonchev–Trinajstić information content (AvgIpc) is 2.79. The zero-order valence-corrected chi connectivity index (χ0v) is 18.3. The lowest BCUT2D eigenvalue weighted by atomic mass is 9.64. The zero-order chi connectivity index (χ0) is 22.7. The van der Waals surface area contributed by atoms with Gasteiger partial charge in [-0.1, -0.05) is 34.6 Å². The van der Waals surface area contributed by atoms with E-state index < -0.39 is 48.5 Å². The van der Waals surface area contributed by atoms with E-state index in [4.69, 9.17) is 4.74 Å². The summed E-state index contributed by atoms with van der Waals surface area (Å²) in [6.45, 7) is 9.06. The Balaban J connectivity index is 1.87. The first-order valence-electron chi connectivity index (χ1n) is 10.2. The second kappa shape index (κ2) is 9.01. The molecule has 0 aromatic heterocycles. The van der Waals surface area contributed by atoms with Crippen molar-refractivity contribution < 1.29 is 28.7 Å². The van der Waals surface area contributed by atoms with E-state index in [0.717, 1.165) is 11.3 Å². The van der Waals surface area contributed by atoms with Crippen molar-refractivity contribution in [3.05, 3.63) is 0 Å². The summed E-state index contributed by atoms with van der Waals surface area (Å²) >= 11 is 0. The summed E-state index contributed by atoms with van der Waals surface area (Å²) in [5.74, 6) is -1.69. The topological polar surface area (TPSA) is 134 Å². The third-order valence-electron chi connectivity index (χ3n) is 5.20. The highest BCUT2D eigenvalue weighted by molar-refractivity contribution is 6.09. The van der Waals surface area contributed by atoms with Gasteiger partial charge in [-0.25, -0.2) is 9.59 Å². The highest BCUT2D eigenvalue weighted by Gasteiger charge is 2.56. The molecule has 1 saturated carbocycles. The van der Waals surface area contributed by atoms with Crippen LogP contribution in [0, 0.1) is 17.3 Å². The van der Waals surface area contributed by atoms with E-state index in [1.807, 2.05) is 26.1 Å². The van der Waals surface area contributed by atoms with Crippen molar-refractivity contribution in [2.45, 2.75) is 59.4 Å². The molecule has 168 valence electrons. The molecule has 3 N–H and O–H groups in total. The maximum absolute atomic E-state index is 13.0. The SMILES string of the molecule is CC(C)CNC(=O)NC(=O)COC(=O)CN1C(=O)N[C@]2(C[C@@H](C)CC(C)(C)C2)C1=O. The van der Waals surface area contributed by atoms with Crippen LogP contribution in [0.3, 0.4) is 0 Å². The van der Waals surface area contributed by atoms with Crippen LogP contribution in [0.25, 0.3) is 0 Å². The first-order chi connectivity index (χ1) is 13.8. The van der Waals surface area contributed by atoms with E-state index >= 15 is 0 Å². The van der Waals surface area contributed by atoms with Gasteiger partial charge in [-0.05, 0) is 36.5 Å². The van der Waals surface area contributed by atoms with Gasteiger partial charge in [0.2, 0.25) is 0 Å². The molecule has 10 nitrogen and oxygen atoms in total. The Labute approximate surface area is 176 Å². The Morgan fingerprint density at radius 1 is 1.23 bits per heavy atom. The highest BCUT2D eigenvalue weighted by atomic mass is 16.5. The van der Waals surface area contributed by atoms with Crippen LogP contribution in [-0.2, 0) is 19.1 Å². The summed E-state index contributed by atoms with van der Waals surface area (Å²) in [6, 6.07) is -1.32. The van der Waals surface area contributed by atoms with Gasteiger partial charge < -0.3 is 15.4 Å². The lowest BCUT2D eigenvalue weighted by Crippen LogP contribution is -2.54. The van der Waals surface area contributed by atoms with Crippen molar-refractivity contribution in [2.75, 3.05) is 19.7 Å². The van der Waals surface area contributed by atoms with Crippen LogP contribution < -0.4 is 16.0 Å². The minimum atomic E-state index is -1.01. The molecule has 6 amide bonds. The number of carbonyl (C=O) groups is 5. The van der Waals surface area contributed by atoms with Crippen molar-refractivity contribution >= 4 is 29.8 Å². The molecule has 0 unspecified atom stereocenters. The molecule has 0 radical (unpaired) electrons. The Bertz CT molecular complexity index is 735. The first kappa shape index (κ1) is 23.6. The highest BCUT2D eigenvalue weighted by Crippen LogP contribution is 2.46. The van der Waals surface area contributed by atoms with Crippen molar-refractivity contribution in [3.8, 4) is 0 Å². The number of esters is 1. The molecule has 30 heavy (non-hydrogen) atoms. The third kappa shape index (κ3) is 5.93. The Kier molecular flexibility index (Phi) is 7.10. The summed E-state index contributed by atoms with van der Waals surface area (Å²) in [4.78, 5) is 61.5. The molecule has 0 bridgehead atoms. The fourth-order valence-corrected chi connectivity index (χ4v) is 4.47. The normalized spacial score (nSPS) is 25.3. The minimum absolute atomic E-state index is 0.120. The fraction of sp³-hybridized carbons (Fsp3) is 0.750. The van der Waals surface area contributed by atoms with Crippen LogP contribution in [0.15, 0.2) is 0 Å². The largest absolute Gasteiger partial charge is 0.454 e. The predicted molar refractivity (Wildman–Crippen MR) is 107 cm³/mol. The first-order valence-corrected chi connectivity index (χ1v) is 10.2. The van der Waals surface area contributed by atoms with E-state index in [1.54, 1.807) is 0 Å². The molecule has 0 aromatic carbocycles. The summed E-state index contributed by atoms with van der Waals surface area (Å²) < 4.78 is 4.82. The van der Waals surface area contributed by atoms with Gasteiger partial charge in [0.15, 0.2) is 6.61 Å². The van der Waals surface area contributed by atoms with Crippen molar-refractivity contribution in [3.63, 3.8) is 0 Å². The maximum atomic E-state index is 13.0. The number of urea groups is 2. The molecule has 1 spiro atoms. The number of ether oxygens (including phenoxy) is 1. The number of amides is 6. The molecular formula is C20H32N4O6. The van der Waals surface area contributed by atoms with E-state index in [0.29, 0.717) is 19.4 Å². The number of hydrogen-bond acceptors (Lipinski definition) is 6. The van der Waals surface area contributed by atoms with Gasteiger partial charge in [-0.15, -0.1) is 0 Å². The van der Waals surface area contributed by atoms with E-state index in [-0.39, 0.29) is 17.3 Å². The zero-order valence-electron chi connectivity index (χ0n) is 18.3. The van der Waals surface area contributed by atoms with Crippen LogP contribution in [-0.4, -0.2) is 60.0 Å². The van der Waals surface area contributed by atoms with Gasteiger partial charge in [-0.3, -0.25) is 24.6 Å². The molecule has 2 atom stereocenters. The molecule has 10 heteroatoms. The van der Waals surface area contributed by atoms with Crippen molar-refractivity contribution in [1.82, 2.24) is 20.9 Å². The lowest BCUT2D eigenvalue weighted by Gasteiger charge is -2.43. The van der Waals surface area contributed by atoms with Gasteiger partial charge >= 0.3 is 18.0 Å². The van der Waals surface area contributed by atoms with Crippen LogP contribution >= 0.6 is 0 Å². The molecule has 1 aliphatic heterocycles. The molecule has 1 saturated heterocycles. The number of carbonyl (C=O) groups excluding carboxylic acids is 5. The third-order valence-corrected chi connectivity index (χ3v) is 5.20. The average molecular weight is 424 g/mol. The van der Waals surface area contributed by atoms with Gasteiger partial charge in [0, 0.05) is 6.54 Å². The van der Waals surface area contributed by atoms with Gasteiger partial charge in [0.05, 0.1) is 0 Å². The maximum Gasteiger partial charge on any atom is 0.326 e. The van der Waals surface area contributed by atoms with Gasteiger partial charge in [-0.2, -0.15) is 0 Å². The molecule has 2 aliphatic rings. The number of nitrogens with zero attached hydrogens (tertiary/aromatic N) is 1. The second-order valence-corrected chi connectivity index (χ2v) is 9.57. The smallest absolute Gasteiger partial charge is 0.326 e. The molecule has 0 aromatic rings. The standard InChI is InChI=1S/C20H32N4O6/c1-12(2)8-21-17(28)22-14(25)10-30-15(26)9-24-16(27)20(23-18(24)29)7-13(3)6-19(4,5)11-20/h12-13H,6-11H2,1-5H3,(H,23,29)(H2,21,22,25,28)/t13-,20-/m0/s1. The molecule has 1 heterocycles.